The molecule has 1 rings (SSSR count). The number of hydrogen-bond donors (Lipinski definition) is 1. The molecule has 1 aromatic carbocycles. The Kier molecular flexibility index (Phi) is 3.82. The molecule has 0 aliphatic rings. The van der Waals surface area contributed by atoms with Crippen LogP contribution in [0.2, 0.25) is 0 Å². The van der Waals surface area contributed by atoms with Gasteiger partial charge in [-0.2, -0.15) is 0 Å². The molecular formula is C10H10F3NO3. The highest BCUT2D eigenvalue weighted by molar-refractivity contribution is 5.89. The molecule has 0 atom stereocenters. The Morgan fingerprint density at radius 2 is 1.94 bits per heavy atom. The molecule has 0 saturated heterocycles. The highest BCUT2D eigenvalue weighted by atomic mass is 19.4. The van der Waals surface area contributed by atoms with Crippen LogP contribution in [-0.2, 0) is 4.79 Å². The molecule has 0 fully saturated rings. The number of amides is 1. The average Bonchev–Trinajstić information content (AvgIpc) is 2.14. The zero-order valence-corrected chi connectivity index (χ0v) is 9.09. The summed E-state index contributed by atoms with van der Waals surface area (Å²) in [4.78, 5) is 10.8. The summed E-state index contributed by atoms with van der Waals surface area (Å²) in [6.45, 7) is 1.24. The third-order valence-electron chi connectivity index (χ3n) is 1.71. The van der Waals surface area contributed by atoms with Crippen molar-refractivity contribution in [2.75, 3.05) is 12.4 Å². The Balaban J connectivity index is 3.02. The summed E-state index contributed by atoms with van der Waals surface area (Å²) in [6, 6.07) is 3.71. The quantitative estimate of drug-likeness (QED) is 0.895. The van der Waals surface area contributed by atoms with Gasteiger partial charge in [-0.1, -0.05) is 0 Å². The van der Waals surface area contributed by atoms with Gasteiger partial charge in [-0.05, 0) is 12.1 Å². The van der Waals surface area contributed by atoms with E-state index in [2.05, 4.69) is 10.1 Å². The molecule has 0 aliphatic heterocycles. The average molecular weight is 249 g/mol. The topological polar surface area (TPSA) is 47.6 Å². The molecular weight excluding hydrogens is 239 g/mol. The lowest BCUT2D eigenvalue weighted by Crippen LogP contribution is -2.18. The molecule has 4 nitrogen and oxygen atoms in total. The second-order valence-electron chi connectivity index (χ2n) is 3.09. The smallest absolute Gasteiger partial charge is 0.493 e. The molecule has 1 aromatic rings. The molecule has 0 aliphatic carbocycles. The molecule has 94 valence electrons. The van der Waals surface area contributed by atoms with Gasteiger partial charge in [0.15, 0.2) is 11.5 Å². The van der Waals surface area contributed by atoms with E-state index in [9.17, 15) is 18.0 Å². The van der Waals surface area contributed by atoms with E-state index in [1.807, 2.05) is 0 Å². The first-order valence-electron chi connectivity index (χ1n) is 4.53. The first-order valence-corrected chi connectivity index (χ1v) is 4.53. The van der Waals surface area contributed by atoms with Gasteiger partial charge in [0.25, 0.3) is 0 Å². The van der Waals surface area contributed by atoms with Crippen molar-refractivity contribution < 1.29 is 27.4 Å². The fourth-order valence-corrected chi connectivity index (χ4v) is 1.16. The van der Waals surface area contributed by atoms with E-state index in [1.165, 1.54) is 26.2 Å². The van der Waals surface area contributed by atoms with Gasteiger partial charge in [-0.3, -0.25) is 4.79 Å². The van der Waals surface area contributed by atoms with Crippen molar-refractivity contribution in [2.24, 2.45) is 0 Å². The number of carbonyl (C=O) groups is 1. The summed E-state index contributed by atoms with van der Waals surface area (Å²) < 4.78 is 44.7. The minimum atomic E-state index is -4.82. The lowest BCUT2D eigenvalue weighted by molar-refractivity contribution is -0.275. The van der Waals surface area contributed by atoms with Crippen molar-refractivity contribution in [1.29, 1.82) is 0 Å². The van der Waals surface area contributed by atoms with Crippen molar-refractivity contribution >= 4 is 11.6 Å². The Morgan fingerprint density at radius 3 is 2.41 bits per heavy atom. The lowest BCUT2D eigenvalue weighted by Gasteiger charge is -2.13. The minimum Gasteiger partial charge on any atom is -0.493 e. The number of anilines is 1. The van der Waals surface area contributed by atoms with E-state index in [1.54, 1.807) is 0 Å². The molecule has 1 N–H and O–H groups in total. The summed E-state index contributed by atoms with van der Waals surface area (Å²) in [5.41, 5.74) is 0.192. The summed E-state index contributed by atoms with van der Waals surface area (Å²) in [5, 5.41) is 2.34. The third-order valence-corrected chi connectivity index (χ3v) is 1.71. The van der Waals surface area contributed by atoms with Gasteiger partial charge in [-0.25, -0.2) is 0 Å². The molecule has 0 saturated carbocycles. The number of halogens is 3. The van der Waals surface area contributed by atoms with Gasteiger partial charge in [0.05, 0.1) is 7.11 Å². The van der Waals surface area contributed by atoms with Gasteiger partial charge >= 0.3 is 6.36 Å². The number of carbonyl (C=O) groups excluding carboxylic acids is 1. The first kappa shape index (κ1) is 13.1. The number of ether oxygens (including phenoxy) is 2. The lowest BCUT2D eigenvalue weighted by atomic mass is 10.2. The van der Waals surface area contributed by atoms with Gasteiger partial charge < -0.3 is 14.8 Å². The van der Waals surface area contributed by atoms with Gasteiger partial charge in [0, 0.05) is 18.7 Å². The van der Waals surface area contributed by atoms with Crippen LogP contribution >= 0.6 is 0 Å². The summed E-state index contributed by atoms with van der Waals surface area (Å²) in [5.74, 6) is -0.976. The predicted molar refractivity (Wildman–Crippen MR) is 54.0 cm³/mol. The molecule has 0 radical (unpaired) electrons. The summed E-state index contributed by atoms with van der Waals surface area (Å²) in [7, 11) is 1.22. The van der Waals surface area contributed by atoms with E-state index in [0.29, 0.717) is 0 Å². The number of methoxy groups -OCH3 is 1. The van der Waals surface area contributed by atoms with E-state index in [4.69, 9.17) is 4.74 Å². The van der Waals surface area contributed by atoms with Crippen molar-refractivity contribution in [1.82, 2.24) is 0 Å². The van der Waals surface area contributed by atoms with Crippen LogP contribution in [0.4, 0.5) is 18.9 Å². The number of alkyl halides is 3. The molecule has 1 amide bonds. The highest BCUT2D eigenvalue weighted by Gasteiger charge is 2.32. The van der Waals surface area contributed by atoms with Crippen LogP contribution in [0, 0.1) is 0 Å². The molecule has 0 heterocycles. The van der Waals surface area contributed by atoms with Crippen LogP contribution in [0.5, 0.6) is 11.5 Å². The van der Waals surface area contributed by atoms with Crippen LogP contribution in [0.25, 0.3) is 0 Å². The molecule has 0 aromatic heterocycles. The van der Waals surface area contributed by atoms with Crippen molar-refractivity contribution in [2.45, 2.75) is 13.3 Å². The maximum Gasteiger partial charge on any atom is 0.573 e. The summed E-state index contributed by atoms with van der Waals surface area (Å²) in [6.07, 6.45) is -4.82. The van der Waals surface area contributed by atoms with Crippen molar-refractivity contribution in [3.63, 3.8) is 0 Å². The molecule has 0 bridgehead atoms. The fourth-order valence-electron chi connectivity index (χ4n) is 1.16. The Morgan fingerprint density at radius 1 is 1.29 bits per heavy atom. The maximum atomic E-state index is 12.1. The second-order valence-corrected chi connectivity index (χ2v) is 3.09. The second kappa shape index (κ2) is 4.94. The van der Waals surface area contributed by atoms with Crippen LogP contribution in [0.3, 0.4) is 0 Å². The zero-order chi connectivity index (χ0) is 13.1. The van der Waals surface area contributed by atoms with Gasteiger partial charge in [-0.15, -0.1) is 13.2 Å². The van der Waals surface area contributed by atoms with Crippen LogP contribution in [-0.4, -0.2) is 19.4 Å². The molecule has 0 spiro atoms. The largest absolute Gasteiger partial charge is 0.573 e. The highest BCUT2D eigenvalue weighted by Crippen LogP contribution is 2.34. The maximum absolute atomic E-state index is 12.1. The first-order chi connectivity index (χ1) is 7.81. The Hall–Kier alpha value is -1.92. The van der Waals surface area contributed by atoms with E-state index in [-0.39, 0.29) is 11.4 Å². The number of rotatable bonds is 3. The number of nitrogens with one attached hydrogen (secondary N) is 1. The van der Waals surface area contributed by atoms with Crippen molar-refractivity contribution in [3.8, 4) is 11.5 Å². The summed E-state index contributed by atoms with van der Waals surface area (Å²) >= 11 is 0. The van der Waals surface area contributed by atoms with Crippen LogP contribution in [0.15, 0.2) is 18.2 Å². The SMILES string of the molecule is COc1ccc(NC(C)=O)cc1OC(F)(F)F. The van der Waals surface area contributed by atoms with E-state index in [0.717, 1.165) is 6.07 Å². The van der Waals surface area contributed by atoms with E-state index < -0.39 is 18.0 Å². The molecule has 0 unspecified atom stereocenters. The van der Waals surface area contributed by atoms with E-state index >= 15 is 0 Å². The van der Waals surface area contributed by atoms with Crippen LogP contribution < -0.4 is 14.8 Å². The standard InChI is InChI=1S/C10H10F3NO3/c1-6(15)14-7-3-4-8(16-2)9(5-7)17-10(11,12)13/h3-5H,1-2H3,(H,14,15). The molecule has 17 heavy (non-hydrogen) atoms. The van der Waals surface area contributed by atoms with Crippen LogP contribution in [0.1, 0.15) is 6.92 Å². The fraction of sp³-hybridized carbons (Fsp3) is 0.300. The number of hydrogen-bond acceptors (Lipinski definition) is 3. The molecule has 7 heteroatoms. The Labute approximate surface area is 95.3 Å². The normalized spacial score (nSPS) is 10.9. The zero-order valence-electron chi connectivity index (χ0n) is 9.09. The monoisotopic (exact) mass is 249 g/mol. The van der Waals surface area contributed by atoms with Gasteiger partial charge in [0.1, 0.15) is 0 Å². The predicted octanol–water partition coefficient (Wildman–Crippen LogP) is 2.55. The van der Waals surface area contributed by atoms with Gasteiger partial charge in [0.2, 0.25) is 5.91 Å². The Bertz CT molecular complexity index is 418. The van der Waals surface area contributed by atoms with Crippen molar-refractivity contribution in [3.05, 3.63) is 18.2 Å². The third kappa shape index (κ3) is 4.21. The minimum absolute atomic E-state index is 0.0728. The number of benzene rings is 1.